The van der Waals surface area contributed by atoms with Crippen LogP contribution in [-0.2, 0) is 12.8 Å². The quantitative estimate of drug-likeness (QED) is 0.666. The van der Waals surface area contributed by atoms with E-state index in [-0.39, 0.29) is 5.75 Å². The number of aryl methyl sites for hydroxylation is 2. The normalized spacial score (nSPS) is 10.9. The van der Waals surface area contributed by atoms with E-state index >= 15 is 0 Å². The minimum Gasteiger partial charge on any atom is -0.503 e. The average Bonchev–Trinajstić information content (AvgIpc) is 2.87. The van der Waals surface area contributed by atoms with Gasteiger partial charge in [-0.15, -0.1) is 0 Å². The molecule has 2 heterocycles. The lowest BCUT2D eigenvalue weighted by atomic mass is 10.1. The van der Waals surface area contributed by atoms with Crippen LogP contribution in [0.1, 0.15) is 11.3 Å². The Balaban J connectivity index is 1.77. The summed E-state index contributed by atoms with van der Waals surface area (Å²) in [6.45, 7) is 0. The molecule has 0 saturated carbocycles. The highest BCUT2D eigenvalue weighted by Gasteiger charge is 2.03. The van der Waals surface area contributed by atoms with Gasteiger partial charge in [0.05, 0.1) is 5.69 Å². The Kier molecular flexibility index (Phi) is 2.79. The molecule has 0 spiro atoms. The average molecular weight is 255 g/mol. The van der Waals surface area contributed by atoms with Crippen LogP contribution in [0, 0.1) is 0 Å². The monoisotopic (exact) mass is 255 g/mol. The number of nitrogens with zero attached hydrogens (tertiary/aromatic N) is 1. The molecule has 5 heteroatoms. The van der Waals surface area contributed by atoms with Gasteiger partial charge >= 0.3 is 5.56 Å². The molecule has 0 radical (unpaired) electrons. The fourth-order valence-electron chi connectivity index (χ4n) is 2.09. The van der Waals surface area contributed by atoms with E-state index in [1.165, 1.54) is 17.0 Å². The van der Waals surface area contributed by atoms with Crippen LogP contribution in [0.25, 0.3) is 10.9 Å². The number of hydrogen-bond acceptors (Lipinski definition) is 3. The molecular formula is C14H13N3O2. The number of nitrogens with one attached hydrogen (secondary N) is 2. The van der Waals surface area contributed by atoms with E-state index in [1.54, 1.807) is 0 Å². The van der Waals surface area contributed by atoms with Gasteiger partial charge in [-0.05, 0) is 42.0 Å². The highest BCUT2D eigenvalue weighted by atomic mass is 16.3. The molecule has 19 heavy (non-hydrogen) atoms. The van der Waals surface area contributed by atoms with Crippen LogP contribution >= 0.6 is 0 Å². The van der Waals surface area contributed by atoms with Gasteiger partial charge in [0.2, 0.25) is 0 Å². The van der Waals surface area contributed by atoms with Crippen LogP contribution in [0.15, 0.2) is 41.3 Å². The van der Waals surface area contributed by atoms with Gasteiger partial charge in [0.1, 0.15) is 0 Å². The van der Waals surface area contributed by atoms with E-state index in [0.29, 0.717) is 12.1 Å². The van der Waals surface area contributed by atoms with Crippen LogP contribution in [-0.4, -0.2) is 20.3 Å². The van der Waals surface area contributed by atoms with Crippen molar-refractivity contribution in [2.24, 2.45) is 0 Å². The molecule has 0 atom stereocenters. The highest BCUT2D eigenvalue weighted by Crippen LogP contribution is 2.15. The van der Waals surface area contributed by atoms with Crippen LogP contribution in [0.2, 0.25) is 0 Å². The maximum absolute atomic E-state index is 11.0. The third-order valence-electron chi connectivity index (χ3n) is 3.12. The second-order valence-electron chi connectivity index (χ2n) is 4.47. The van der Waals surface area contributed by atoms with E-state index in [1.807, 2.05) is 18.3 Å². The lowest BCUT2D eigenvalue weighted by Crippen LogP contribution is -2.09. The van der Waals surface area contributed by atoms with E-state index in [9.17, 15) is 9.90 Å². The first-order chi connectivity index (χ1) is 9.22. The standard InChI is InChI=1S/C14H13N3O2/c18-13-8-11(16-17-14(13)19)3-1-9-2-4-12-10(7-9)5-6-15-12/h2,4-8,15H,1,3H2,(H,16,18)(H,17,19). The maximum Gasteiger partial charge on any atom is 0.306 e. The summed E-state index contributed by atoms with van der Waals surface area (Å²) in [4.78, 5) is 14.1. The van der Waals surface area contributed by atoms with E-state index < -0.39 is 5.56 Å². The van der Waals surface area contributed by atoms with Crippen molar-refractivity contribution in [3.63, 3.8) is 0 Å². The van der Waals surface area contributed by atoms with Crippen LogP contribution in [0.4, 0.5) is 0 Å². The van der Waals surface area contributed by atoms with E-state index in [0.717, 1.165) is 11.9 Å². The lowest BCUT2D eigenvalue weighted by Gasteiger charge is -2.02. The first-order valence-corrected chi connectivity index (χ1v) is 6.06. The zero-order chi connectivity index (χ0) is 13.2. The number of aromatic nitrogens is 3. The summed E-state index contributed by atoms with van der Waals surface area (Å²) in [5.74, 6) is -0.286. The van der Waals surface area contributed by atoms with Crippen molar-refractivity contribution < 1.29 is 5.11 Å². The molecule has 0 unspecified atom stereocenters. The summed E-state index contributed by atoms with van der Waals surface area (Å²) in [5, 5.41) is 16.7. The Labute approximate surface area is 108 Å². The van der Waals surface area contributed by atoms with Crippen molar-refractivity contribution in [1.29, 1.82) is 0 Å². The maximum atomic E-state index is 11.0. The third-order valence-corrected chi connectivity index (χ3v) is 3.12. The van der Waals surface area contributed by atoms with Crippen LogP contribution in [0.5, 0.6) is 5.75 Å². The van der Waals surface area contributed by atoms with Crippen molar-refractivity contribution in [1.82, 2.24) is 15.2 Å². The Bertz CT molecular complexity index is 773. The summed E-state index contributed by atoms with van der Waals surface area (Å²) in [7, 11) is 0. The minimum absolute atomic E-state index is 0.286. The molecule has 0 aliphatic rings. The summed E-state index contributed by atoms with van der Waals surface area (Å²) in [6, 6.07) is 9.67. The third kappa shape index (κ3) is 2.35. The molecule has 0 saturated heterocycles. The number of H-pyrrole nitrogens is 2. The summed E-state index contributed by atoms with van der Waals surface area (Å²) in [6.07, 6.45) is 3.38. The van der Waals surface area contributed by atoms with Crippen molar-refractivity contribution in [3.8, 4) is 5.75 Å². The van der Waals surface area contributed by atoms with Gasteiger partial charge in [0.25, 0.3) is 0 Å². The fourth-order valence-corrected chi connectivity index (χ4v) is 2.09. The van der Waals surface area contributed by atoms with Crippen molar-refractivity contribution in [2.75, 3.05) is 0 Å². The molecule has 1 aromatic carbocycles. The first kappa shape index (κ1) is 11.5. The first-order valence-electron chi connectivity index (χ1n) is 6.06. The number of aromatic hydroxyl groups is 1. The van der Waals surface area contributed by atoms with Crippen molar-refractivity contribution >= 4 is 10.9 Å². The molecule has 0 aliphatic heterocycles. The Morgan fingerprint density at radius 1 is 1.16 bits per heavy atom. The molecule has 2 aromatic heterocycles. The second-order valence-corrected chi connectivity index (χ2v) is 4.47. The largest absolute Gasteiger partial charge is 0.503 e. The molecule has 3 aromatic rings. The SMILES string of the molecule is O=c1[nH]nc(CCc2ccc3[nH]ccc3c2)cc1O. The van der Waals surface area contributed by atoms with E-state index in [2.05, 4.69) is 27.3 Å². The lowest BCUT2D eigenvalue weighted by molar-refractivity contribution is 0.462. The predicted molar refractivity (Wildman–Crippen MR) is 72.2 cm³/mol. The fraction of sp³-hybridized carbons (Fsp3) is 0.143. The zero-order valence-corrected chi connectivity index (χ0v) is 10.2. The highest BCUT2D eigenvalue weighted by molar-refractivity contribution is 5.79. The number of benzene rings is 1. The van der Waals surface area contributed by atoms with Gasteiger partial charge in [-0.3, -0.25) is 4.79 Å². The van der Waals surface area contributed by atoms with Gasteiger partial charge in [0, 0.05) is 17.8 Å². The van der Waals surface area contributed by atoms with E-state index in [4.69, 9.17) is 0 Å². The molecule has 0 bridgehead atoms. The number of hydrogen-bond donors (Lipinski definition) is 3. The van der Waals surface area contributed by atoms with Crippen LogP contribution < -0.4 is 5.56 Å². The second kappa shape index (κ2) is 4.61. The molecule has 5 nitrogen and oxygen atoms in total. The summed E-state index contributed by atoms with van der Waals surface area (Å²) >= 11 is 0. The number of rotatable bonds is 3. The number of fused-ring (bicyclic) bond motifs is 1. The molecule has 3 N–H and O–H groups in total. The summed E-state index contributed by atoms with van der Waals surface area (Å²) in [5.41, 5.74) is 2.42. The van der Waals surface area contributed by atoms with Crippen LogP contribution in [0.3, 0.4) is 0 Å². The van der Waals surface area contributed by atoms with Gasteiger partial charge < -0.3 is 10.1 Å². The molecular weight excluding hydrogens is 242 g/mol. The smallest absolute Gasteiger partial charge is 0.306 e. The molecule has 0 fully saturated rings. The Morgan fingerprint density at radius 3 is 2.89 bits per heavy atom. The Hall–Kier alpha value is -2.56. The predicted octanol–water partition coefficient (Wildman–Crippen LogP) is 1.74. The zero-order valence-electron chi connectivity index (χ0n) is 10.2. The topological polar surface area (TPSA) is 81.8 Å². The van der Waals surface area contributed by atoms with Gasteiger partial charge in [0.15, 0.2) is 5.75 Å². The van der Waals surface area contributed by atoms with Gasteiger partial charge in [-0.2, -0.15) is 5.10 Å². The van der Waals surface area contributed by atoms with Crippen molar-refractivity contribution in [2.45, 2.75) is 12.8 Å². The van der Waals surface area contributed by atoms with Gasteiger partial charge in [-0.25, -0.2) is 5.10 Å². The molecule has 0 aliphatic carbocycles. The summed E-state index contributed by atoms with van der Waals surface area (Å²) < 4.78 is 0. The minimum atomic E-state index is -0.558. The van der Waals surface area contributed by atoms with Crippen molar-refractivity contribution in [3.05, 3.63) is 58.1 Å². The number of aromatic amines is 2. The molecule has 96 valence electrons. The molecule has 0 amide bonds. The van der Waals surface area contributed by atoms with Gasteiger partial charge in [-0.1, -0.05) is 6.07 Å². The Morgan fingerprint density at radius 2 is 2.05 bits per heavy atom. The molecule has 3 rings (SSSR count).